The van der Waals surface area contributed by atoms with Gasteiger partial charge in [-0.25, -0.2) is 0 Å². The Hall–Kier alpha value is -0.180. The number of carbonyl (C=O) groups is 1. The largest absolute Gasteiger partial charge is 0.300 e. The Morgan fingerprint density at radius 2 is 1.92 bits per heavy atom. The van der Waals surface area contributed by atoms with Crippen LogP contribution in [0.2, 0.25) is 0 Å². The first-order chi connectivity index (χ1) is 5.66. The van der Waals surface area contributed by atoms with Crippen LogP contribution in [0.1, 0.15) is 39.5 Å². The first-order valence-electron chi connectivity index (χ1n) is 4.51. The Labute approximate surface area is 77.2 Å². The van der Waals surface area contributed by atoms with Crippen molar-refractivity contribution < 1.29 is 9.00 Å². The van der Waals surface area contributed by atoms with Gasteiger partial charge in [-0.15, -0.1) is 0 Å². The van der Waals surface area contributed by atoms with Gasteiger partial charge in [0.15, 0.2) is 0 Å². The molecular weight excluding hydrogens is 172 g/mol. The molecule has 0 rings (SSSR count). The van der Waals surface area contributed by atoms with Crippen LogP contribution in [0.5, 0.6) is 0 Å². The molecule has 0 spiro atoms. The quantitative estimate of drug-likeness (QED) is 0.575. The Morgan fingerprint density at radius 3 is 2.42 bits per heavy atom. The zero-order chi connectivity index (χ0) is 9.40. The zero-order valence-electron chi connectivity index (χ0n) is 7.97. The molecule has 0 saturated carbocycles. The van der Waals surface area contributed by atoms with Crippen LogP contribution in [-0.4, -0.2) is 21.5 Å². The second-order valence-electron chi connectivity index (χ2n) is 3.01. The average Bonchev–Trinajstić information content (AvgIpc) is 2.01. The van der Waals surface area contributed by atoms with Crippen LogP contribution in [-0.2, 0) is 15.6 Å². The third kappa shape index (κ3) is 7.92. The maximum Gasteiger partial charge on any atom is 0.130 e. The number of rotatable bonds is 7. The second kappa shape index (κ2) is 7.47. The lowest BCUT2D eigenvalue weighted by Gasteiger charge is -1.98. The lowest BCUT2D eigenvalue weighted by Crippen LogP contribution is -2.06. The van der Waals surface area contributed by atoms with Gasteiger partial charge in [0.2, 0.25) is 0 Å². The van der Waals surface area contributed by atoms with Crippen LogP contribution in [0, 0.1) is 0 Å². The Bertz CT molecular complexity index is 155. The molecule has 0 fully saturated rings. The Kier molecular flexibility index (Phi) is 7.36. The Morgan fingerprint density at radius 1 is 1.25 bits per heavy atom. The van der Waals surface area contributed by atoms with Crippen LogP contribution >= 0.6 is 0 Å². The van der Waals surface area contributed by atoms with E-state index in [1.165, 1.54) is 0 Å². The summed E-state index contributed by atoms with van der Waals surface area (Å²) in [5.41, 5.74) is 0. The van der Waals surface area contributed by atoms with E-state index in [1.54, 1.807) is 6.92 Å². The highest BCUT2D eigenvalue weighted by atomic mass is 32.2. The molecule has 0 heterocycles. The third-order valence-corrected chi connectivity index (χ3v) is 3.06. The second-order valence-corrected chi connectivity index (χ2v) is 4.70. The van der Waals surface area contributed by atoms with Crippen LogP contribution in [0.15, 0.2) is 0 Å². The predicted octanol–water partition coefficient (Wildman–Crippen LogP) is 1.90. The van der Waals surface area contributed by atoms with Crippen LogP contribution in [0.3, 0.4) is 0 Å². The van der Waals surface area contributed by atoms with Crippen molar-refractivity contribution in [1.82, 2.24) is 0 Å². The molecule has 0 saturated heterocycles. The fraction of sp³-hybridized carbons (Fsp3) is 0.889. The van der Waals surface area contributed by atoms with Crippen molar-refractivity contribution in [3.63, 3.8) is 0 Å². The molecule has 72 valence electrons. The highest BCUT2D eigenvalue weighted by molar-refractivity contribution is 7.84. The SMILES string of the molecule is CCCCCS(=O)CCC(C)=O. The van der Waals surface area contributed by atoms with E-state index in [1.807, 2.05) is 0 Å². The minimum absolute atomic E-state index is 0.138. The summed E-state index contributed by atoms with van der Waals surface area (Å²) < 4.78 is 11.2. The minimum atomic E-state index is -0.763. The van der Waals surface area contributed by atoms with Gasteiger partial charge in [-0.2, -0.15) is 0 Å². The van der Waals surface area contributed by atoms with Crippen molar-refractivity contribution in [3.05, 3.63) is 0 Å². The third-order valence-electron chi connectivity index (χ3n) is 1.66. The standard InChI is InChI=1S/C9H18O2S/c1-3-4-5-7-12(11)8-6-9(2)10/h3-8H2,1-2H3. The molecule has 0 aromatic rings. The monoisotopic (exact) mass is 190 g/mol. The number of ketones is 1. The van der Waals surface area contributed by atoms with E-state index in [0.717, 1.165) is 25.0 Å². The fourth-order valence-corrected chi connectivity index (χ4v) is 2.12. The summed E-state index contributed by atoms with van der Waals surface area (Å²) in [4.78, 5) is 10.5. The fourth-order valence-electron chi connectivity index (χ4n) is 0.873. The number of carbonyl (C=O) groups excluding carboxylic acids is 1. The number of hydrogen-bond acceptors (Lipinski definition) is 2. The van der Waals surface area contributed by atoms with E-state index >= 15 is 0 Å². The van der Waals surface area contributed by atoms with Gasteiger partial charge in [0.05, 0.1) is 0 Å². The highest BCUT2D eigenvalue weighted by Gasteiger charge is 2.00. The molecule has 3 heteroatoms. The Balaban J connectivity index is 3.28. The summed E-state index contributed by atoms with van der Waals surface area (Å²) in [6.45, 7) is 3.67. The average molecular weight is 190 g/mol. The summed E-state index contributed by atoms with van der Waals surface area (Å²) >= 11 is 0. The van der Waals surface area contributed by atoms with Gasteiger partial charge in [0.25, 0.3) is 0 Å². The molecule has 0 aliphatic rings. The zero-order valence-corrected chi connectivity index (χ0v) is 8.78. The van der Waals surface area contributed by atoms with Gasteiger partial charge < -0.3 is 0 Å². The number of unbranched alkanes of at least 4 members (excludes halogenated alkanes) is 2. The molecule has 0 bridgehead atoms. The van der Waals surface area contributed by atoms with Crippen LogP contribution in [0.25, 0.3) is 0 Å². The van der Waals surface area contributed by atoms with E-state index in [2.05, 4.69) is 6.92 Å². The molecule has 0 amide bonds. The number of Topliss-reactive ketones (excluding diaryl/α,β-unsaturated/α-hetero) is 1. The smallest absolute Gasteiger partial charge is 0.130 e. The van der Waals surface area contributed by atoms with Crippen molar-refractivity contribution >= 4 is 16.6 Å². The van der Waals surface area contributed by atoms with Crippen molar-refractivity contribution in [2.75, 3.05) is 11.5 Å². The molecule has 2 nitrogen and oxygen atoms in total. The molecule has 0 N–H and O–H groups in total. The van der Waals surface area contributed by atoms with Gasteiger partial charge in [-0.3, -0.25) is 9.00 Å². The molecule has 12 heavy (non-hydrogen) atoms. The molecule has 1 atom stereocenters. The first kappa shape index (κ1) is 11.8. The first-order valence-corrected chi connectivity index (χ1v) is 6.00. The van der Waals surface area contributed by atoms with Crippen LogP contribution < -0.4 is 0 Å². The molecule has 0 aromatic heterocycles. The van der Waals surface area contributed by atoms with Gasteiger partial charge in [0, 0.05) is 28.7 Å². The lowest BCUT2D eigenvalue weighted by molar-refractivity contribution is -0.116. The van der Waals surface area contributed by atoms with Crippen LogP contribution in [0.4, 0.5) is 0 Å². The summed E-state index contributed by atoms with van der Waals surface area (Å²) in [7, 11) is -0.763. The van der Waals surface area contributed by atoms with E-state index in [0.29, 0.717) is 12.2 Å². The van der Waals surface area contributed by atoms with Gasteiger partial charge in [-0.1, -0.05) is 19.8 Å². The van der Waals surface area contributed by atoms with Crippen molar-refractivity contribution in [3.8, 4) is 0 Å². The molecule has 0 aromatic carbocycles. The maximum atomic E-state index is 11.2. The van der Waals surface area contributed by atoms with E-state index in [4.69, 9.17) is 0 Å². The minimum Gasteiger partial charge on any atom is -0.300 e. The summed E-state index contributed by atoms with van der Waals surface area (Å²) in [5.74, 6) is 1.46. The van der Waals surface area contributed by atoms with Gasteiger partial charge >= 0.3 is 0 Å². The van der Waals surface area contributed by atoms with Crippen molar-refractivity contribution in [2.24, 2.45) is 0 Å². The van der Waals surface area contributed by atoms with E-state index in [-0.39, 0.29) is 5.78 Å². The van der Waals surface area contributed by atoms with Crippen molar-refractivity contribution in [1.29, 1.82) is 0 Å². The van der Waals surface area contributed by atoms with E-state index < -0.39 is 10.8 Å². The van der Waals surface area contributed by atoms with Gasteiger partial charge in [-0.05, 0) is 13.3 Å². The predicted molar refractivity (Wildman–Crippen MR) is 52.7 cm³/mol. The number of hydrogen-bond donors (Lipinski definition) is 0. The molecule has 0 aliphatic heterocycles. The normalized spacial score (nSPS) is 12.8. The lowest BCUT2D eigenvalue weighted by atomic mass is 10.3. The summed E-state index contributed by atoms with van der Waals surface area (Å²) in [6, 6.07) is 0. The topological polar surface area (TPSA) is 34.1 Å². The summed E-state index contributed by atoms with van der Waals surface area (Å²) in [5, 5.41) is 0. The molecule has 0 aliphatic carbocycles. The highest BCUT2D eigenvalue weighted by Crippen LogP contribution is 1.98. The van der Waals surface area contributed by atoms with Gasteiger partial charge in [0.1, 0.15) is 5.78 Å². The van der Waals surface area contributed by atoms with Crippen molar-refractivity contribution in [2.45, 2.75) is 39.5 Å². The maximum absolute atomic E-state index is 11.2. The molecule has 0 radical (unpaired) electrons. The summed E-state index contributed by atoms with van der Waals surface area (Å²) in [6.07, 6.45) is 3.80. The molecular formula is C9H18O2S. The van der Waals surface area contributed by atoms with E-state index in [9.17, 15) is 9.00 Å². The molecule has 1 unspecified atom stereocenters.